The van der Waals surface area contributed by atoms with Gasteiger partial charge in [0.25, 0.3) is 0 Å². The second-order valence-corrected chi connectivity index (χ2v) is 8.59. The summed E-state index contributed by atoms with van der Waals surface area (Å²) in [7, 11) is 0. The molecule has 3 amide bonds. The first-order chi connectivity index (χ1) is 15.3. The largest absolute Gasteiger partial charge is 0.481 e. The lowest BCUT2D eigenvalue weighted by atomic mass is 10.0. The first-order valence-corrected chi connectivity index (χ1v) is 11.5. The molecule has 8 N–H and O–H groups in total. The lowest BCUT2D eigenvalue weighted by Gasteiger charge is -2.25. The standard InChI is InChI=1S/C19H32N4O9S/c1-9(2)15(20)18(30)21-10(4-5-13(24)25)16(28)23-12(8-14(26)27)17(29)22-11(19(31)32)6-7-33-3/h9-12,15H,4-8,20H2,1-3H3,(H,21,30)(H,22,29)(H,23,28)(H,24,25)(H,26,27)(H,31,32). The molecule has 0 aromatic rings. The smallest absolute Gasteiger partial charge is 0.326 e. The van der Waals surface area contributed by atoms with Crippen molar-refractivity contribution in [1.82, 2.24) is 16.0 Å². The van der Waals surface area contributed by atoms with E-state index in [-0.39, 0.29) is 18.8 Å². The Kier molecular flexibility index (Phi) is 13.7. The van der Waals surface area contributed by atoms with E-state index < -0.39 is 72.6 Å². The molecule has 4 unspecified atom stereocenters. The summed E-state index contributed by atoms with van der Waals surface area (Å²) in [5.74, 6) is -6.66. The minimum atomic E-state index is -1.66. The first-order valence-electron chi connectivity index (χ1n) is 10.1. The molecule has 0 aliphatic rings. The van der Waals surface area contributed by atoms with E-state index in [0.29, 0.717) is 5.75 Å². The van der Waals surface area contributed by atoms with Crippen molar-refractivity contribution in [2.45, 2.75) is 63.7 Å². The number of carboxylic acids is 3. The van der Waals surface area contributed by atoms with E-state index in [0.717, 1.165) is 0 Å². The molecule has 33 heavy (non-hydrogen) atoms. The summed E-state index contributed by atoms with van der Waals surface area (Å²) >= 11 is 1.35. The topological polar surface area (TPSA) is 225 Å². The maximum atomic E-state index is 12.7. The Morgan fingerprint density at radius 1 is 0.788 bits per heavy atom. The van der Waals surface area contributed by atoms with Gasteiger partial charge in [-0.1, -0.05) is 13.8 Å². The zero-order chi connectivity index (χ0) is 25.7. The highest BCUT2D eigenvalue weighted by atomic mass is 32.2. The van der Waals surface area contributed by atoms with Gasteiger partial charge in [-0.25, -0.2) is 4.79 Å². The summed E-state index contributed by atoms with van der Waals surface area (Å²) in [6, 6.07) is -5.36. The molecule has 13 nitrogen and oxygen atoms in total. The fourth-order valence-corrected chi connectivity index (χ4v) is 3.00. The lowest BCUT2D eigenvalue weighted by molar-refractivity contribution is -0.143. The number of hydrogen-bond acceptors (Lipinski definition) is 8. The van der Waals surface area contributed by atoms with Gasteiger partial charge in [0, 0.05) is 6.42 Å². The van der Waals surface area contributed by atoms with Crippen molar-refractivity contribution >= 4 is 47.4 Å². The highest BCUT2D eigenvalue weighted by Crippen LogP contribution is 2.06. The van der Waals surface area contributed by atoms with Crippen LogP contribution in [0.15, 0.2) is 0 Å². The summed E-state index contributed by atoms with van der Waals surface area (Å²) in [6.45, 7) is 3.33. The van der Waals surface area contributed by atoms with E-state index in [4.69, 9.17) is 15.9 Å². The molecule has 0 aliphatic heterocycles. The predicted molar refractivity (Wildman–Crippen MR) is 118 cm³/mol. The molecule has 0 saturated carbocycles. The molecular weight excluding hydrogens is 460 g/mol. The van der Waals surface area contributed by atoms with E-state index in [9.17, 15) is 33.9 Å². The van der Waals surface area contributed by atoms with Crippen LogP contribution in [0.1, 0.15) is 39.5 Å². The lowest BCUT2D eigenvalue weighted by Crippen LogP contribution is -2.58. The van der Waals surface area contributed by atoms with Crippen LogP contribution in [0.5, 0.6) is 0 Å². The third-order valence-electron chi connectivity index (χ3n) is 4.54. The van der Waals surface area contributed by atoms with Gasteiger partial charge in [-0.15, -0.1) is 0 Å². The first kappa shape index (κ1) is 30.1. The minimum absolute atomic E-state index is 0.0698. The summed E-state index contributed by atoms with van der Waals surface area (Å²) in [5.41, 5.74) is 5.74. The van der Waals surface area contributed by atoms with Crippen molar-refractivity contribution in [2.75, 3.05) is 12.0 Å². The highest BCUT2D eigenvalue weighted by Gasteiger charge is 2.32. The maximum absolute atomic E-state index is 12.7. The Labute approximate surface area is 195 Å². The van der Waals surface area contributed by atoms with Crippen molar-refractivity contribution in [3.05, 3.63) is 0 Å². The van der Waals surface area contributed by atoms with Crippen LogP contribution in [0.2, 0.25) is 0 Å². The molecule has 0 bridgehead atoms. The third kappa shape index (κ3) is 12.1. The monoisotopic (exact) mass is 492 g/mol. The van der Waals surface area contributed by atoms with Crippen molar-refractivity contribution in [3.63, 3.8) is 0 Å². The summed E-state index contributed by atoms with van der Waals surface area (Å²) in [5, 5.41) is 34.0. The molecule has 4 atom stereocenters. The molecule has 0 radical (unpaired) electrons. The second kappa shape index (κ2) is 15.1. The zero-order valence-corrected chi connectivity index (χ0v) is 19.5. The molecule has 0 spiro atoms. The Bertz CT molecular complexity index is 732. The van der Waals surface area contributed by atoms with Crippen LogP contribution in [-0.4, -0.2) is 87.1 Å². The van der Waals surface area contributed by atoms with Crippen molar-refractivity contribution in [1.29, 1.82) is 0 Å². The molecule has 0 aromatic heterocycles. The normalized spacial score (nSPS) is 14.5. The van der Waals surface area contributed by atoms with Gasteiger partial charge in [-0.3, -0.25) is 24.0 Å². The number of nitrogens with two attached hydrogens (primary N) is 1. The number of amides is 3. The van der Waals surface area contributed by atoms with E-state index in [2.05, 4.69) is 16.0 Å². The van der Waals surface area contributed by atoms with Crippen LogP contribution >= 0.6 is 11.8 Å². The molecule has 0 heterocycles. The van der Waals surface area contributed by atoms with Gasteiger partial charge < -0.3 is 37.0 Å². The fourth-order valence-electron chi connectivity index (χ4n) is 2.53. The van der Waals surface area contributed by atoms with Gasteiger partial charge in [-0.05, 0) is 30.8 Å². The molecule has 14 heteroatoms. The molecule has 188 valence electrons. The number of carboxylic acid groups (broad SMARTS) is 3. The Balaban J connectivity index is 5.55. The van der Waals surface area contributed by atoms with E-state index in [1.165, 1.54) is 11.8 Å². The van der Waals surface area contributed by atoms with Gasteiger partial charge in [0.2, 0.25) is 17.7 Å². The number of carbonyl (C=O) groups excluding carboxylic acids is 3. The van der Waals surface area contributed by atoms with E-state index in [1.54, 1.807) is 20.1 Å². The number of rotatable bonds is 16. The Hall–Kier alpha value is -2.87. The van der Waals surface area contributed by atoms with Gasteiger partial charge in [-0.2, -0.15) is 11.8 Å². The predicted octanol–water partition coefficient (Wildman–Crippen LogP) is -1.40. The van der Waals surface area contributed by atoms with Crippen LogP contribution in [-0.2, 0) is 28.8 Å². The minimum Gasteiger partial charge on any atom is -0.481 e. The second-order valence-electron chi connectivity index (χ2n) is 7.60. The molecule has 0 saturated heterocycles. The van der Waals surface area contributed by atoms with Crippen LogP contribution in [0.3, 0.4) is 0 Å². The zero-order valence-electron chi connectivity index (χ0n) is 18.7. The molecule has 0 rings (SSSR count). The summed E-state index contributed by atoms with van der Waals surface area (Å²) < 4.78 is 0. The number of hydrogen-bond donors (Lipinski definition) is 7. The fraction of sp³-hybridized carbons (Fsp3) is 0.684. The van der Waals surface area contributed by atoms with Gasteiger partial charge in [0.05, 0.1) is 12.5 Å². The van der Waals surface area contributed by atoms with Crippen molar-refractivity contribution in [2.24, 2.45) is 11.7 Å². The van der Waals surface area contributed by atoms with Crippen LogP contribution in [0.25, 0.3) is 0 Å². The van der Waals surface area contributed by atoms with Crippen molar-refractivity contribution < 1.29 is 44.1 Å². The maximum Gasteiger partial charge on any atom is 0.326 e. The van der Waals surface area contributed by atoms with Gasteiger partial charge in [0.1, 0.15) is 18.1 Å². The van der Waals surface area contributed by atoms with E-state index in [1.807, 2.05) is 0 Å². The number of thioether (sulfide) groups is 1. The van der Waals surface area contributed by atoms with Gasteiger partial charge >= 0.3 is 17.9 Å². The average Bonchev–Trinajstić information content (AvgIpc) is 2.71. The van der Waals surface area contributed by atoms with E-state index >= 15 is 0 Å². The van der Waals surface area contributed by atoms with Crippen LogP contribution < -0.4 is 21.7 Å². The average molecular weight is 493 g/mol. The summed E-state index contributed by atoms with van der Waals surface area (Å²) in [4.78, 5) is 71.0. The Morgan fingerprint density at radius 2 is 1.30 bits per heavy atom. The number of aliphatic carboxylic acids is 3. The van der Waals surface area contributed by atoms with Crippen LogP contribution in [0.4, 0.5) is 0 Å². The molecule has 0 aromatic carbocycles. The third-order valence-corrected chi connectivity index (χ3v) is 5.18. The molecular formula is C19H32N4O9S. The number of carbonyl (C=O) groups is 6. The quantitative estimate of drug-likeness (QED) is 0.133. The molecule has 0 aliphatic carbocycles. The summed E-state index contributed by atoms with van der Waals surface area (Å²) in [6.07, 6.45) is 0.105. The van der Waals surface area contributed by atoms with Gasteiger partial charge in [0.15, 0.2) is 0 Å². The molecule has 0 fully saturated rings. The SMILES string of the molecule is CSCCC(NC(=O)C(CC(=O)O)NC(=O)C(CCC(=O)O)NC(=O)C(N)C(C)C)C(=O)O. The van der Waals surface area contributed by atoms with Crippen LogP contribution in [0, 0.1) is 5.92 Å². The Morgan fingerprint density at radius 3 is 1.76 bits per heavy atom. The highest BCUT2D eigenvalue weighted by molar-refractivity contribution is 7.98. The number of nitrogens with one attached hydrogen (secondary N) is 3. The van der Waals surface area contributed by atoms with Crippen molar-refractivity contribution in [3.8, 4) is 0 Å².